The molecule has 2 heterocycles. The van der Waals surface area contributed by atoms with Gasteiger partial charge in [0.05, 0.1) is 29.0 Å². The average Bonchev–Trinajstić information content (AvgIpc) is 3.32. The van der Waals surface area contributed by atoms with Gasteiger partial charge in [-0.1, -0.05) is 58.4 Å². The monoisotopic (exact) mass is 499 g/mol. The van der Waals surface area contributed by atoms with Crippen LogP contribution in [0.25, 0.3) is 22.2 Å². The molecule has 1 N–H and O–H groups in total. The maximum absolute atomic E-state index is 13.2. The van der Waals surface area contributed by atoms with Gasteiger partial charge in [-0.2, -0.15) is 14.9 Å². The summed E-state index contributed by atoms with van der Waals surface area (Å²) in [5.74, 6) is 1.08. The summed E-state index contributed by atoms with van der Waals surface area (Å²) in [6.07, 6.45) is 3.27. The van der Waals surface area contributed by atoms with E-state index in [1.807, 2.05) is 60.7 Å². The lowest BCUT2D eigenvalue weighted by Gasteiger charge is -2.10. The minimum atomic E-state index is -0.266. The minimum Gasteiger partial charge on any atom is -0.486 e. The first kappa shape index (κ1) is 20.8. The molecule has 0 saturated carbocycles. The Morgan fingerprint density at radius 3 is 2.58 bits per heavy atom. The van der Waals surface area contributed by atoms with Crippen molar-refractivity contribution in [1.82, 2.24) is 19.9 Å². The predicted octanol–water partition coefficient (Wildman–Crippen LogP) is 5.01. The number of nitrogens with zero attached hydrogens (tertiary/aromatic N) is 4. The molecule has 0 saturated heterocycles. The van der Waals surface area contributed by atoms with Crippen LogP contribution in [0.2, 0.25) is 0 Å². The fraction of sp³-hybridized carbons (Fsp3) is 0.0400. The van der Waals surface area contributed by atoms with E-state index in [-0.39, 0.29) is 12.2 Å². The zero-order valence-electron chi connectivity index (χ0n) is 17.4. The molecule has 33 heavy (non-hydrogen) atoms. The van der Waals surface area contributed by atoms with Gasteiger partial charge in [-0.3, -0.25) is 9.89 Å². The number of aromatic amines is 1. The highest BCUT2D eigenvalue weighted by atomic mass is 79.9. The number of nitrogens with one attached hydrogen (secondary N) is 1. The highest BCUT2D eigenvalue weighted by molar-refractivity contribution is 9.10. The van der Waals surface area contributed by atoms with Gasteiger partial charge in [-0.05, 0) is 36.4 Å². The number of rotatable bonds is 6. The SMILES string of the molecule is O=c1c2ccccc2nc(COc2ccccc2)n1/N=C\c1cn[nH]c1-c1ccc(Br)cc1. The van der Waals surface area contributed by atoms with Crippen molar-refractivity contribution in [3.8, 4) is 17.0 Å². The summed E-state index contributed by atoms with van der Waals surface area (Å²) in [4.78, 5) is 17.9. The lowest BCUT2D eigenvalue weighted by molar-refractivity contribution is 0.289. The van der Waals surface area contributed by atoms with Crippen molar-refractivity contribution in [1.29, 1.82) is 0 Å². The summed E-state index contributed by atoms with van der Waals surface area (Å²) in [6, 6.07) is 24.4. The third kappa shape index (κ3) is 4.47. The molecule has 0 unspecified atom stereocenters. The smallest absolute Gasteiger partial charge is 0.282 e. The van der Waals surface area contributed by atoms with Crippen LogP contribution in [-0.4, -0.2) is 26.1 Å². The molecule has 0 aliphatic carbocycles. The van der Waals surface area contributed by atoms with Gasteiger partial charge in [0, 0.05) is 15.6 Å². The average molecular weight is 500 g/mol. The molecule has 3 aromatic carbocycles. The van der Waals surface area contributed by atoms with Crippen LogP contribution in [0.3, 0.4) is 0 Å². The summed E-state index contributed by atoms with van der Waals surface area (Å²) in [7, 11) is 0. The molecule has 162 valence electrons. The van der Waals surface area contributed by atoms with Gasteiger partial charge >= 0.3 is 0 Å². The normalized spacial score (nSPS) is 11.3. The minimum absolute atomic E-state index is 0.0897. The third-order valence-corrected chi connectivity index (χ3v) is 5.57. The van der Waals surface area contributed by atoms with Gasteiger partial charge in [-0.15, -0.1) is 0 Å². The number of aromatic nitrogens is 4. The van der Waals surface area contributed by atoms with Crippen molar-refractivity contribution in [3.63, 3.8) is 0 Å². The molecule has 0 aliphatic heterocycles. The molecular weight excluding hydrogens is 482 g/mol. The number of fused-ring (bicyclic) bond motifs is 1. The van der Waals surface area contributed by atoms with Gasteiger partial charge in [-0.25, -0.2) is 4.98 Å². The highest BCUT2D eigenvalue weighted by Gasteiger charge is 2.12. The van der Waals surface area contributed by atoms with Crippen LogP contribution in [0.4, 0.5) is 0 Å². The fourth-order valence-corrected chi connectivity index (χ4v) is 3.67. The third-order valence-electron chi connectivity index (χ3n) is 5.05. The summed E-state index contributed by atoms with van der Waals surface area (Å²) >= 11 is 3.45. The molecule has 5 aromatic rings. The fourth-order valence-electron chi connectivity index (χ4n) is 3.41. The van der Waals surface area contributed by atoms with Gasteiger partial charge < -0.3 is 4.74 Å². The number of para-hydroxylation sites is 2. The van der Waals surface area contributed by atoms with E-state index in [4.69, 9.17) is 4.74 Å². The lowest BCUT2D eigenvalue weighted by Crippen LogP contribution is -2.23. The number of halogens is 1. The van der Waals surface area contributed by atoms with E-state index in [1.54, 1.807) is 30.6 Å². The number of ether oxygens (including phenoxy) is 1. The van der Waals surface area contributed by atoms with Crippen LogP contribution >= 0.6 is 15.9 Å². The van der Waals surface area contributed by atoms with Gasteiger partial charge in [0.1, 0.15) is 12.4 Å². The molecule has 0 fully saturated rings. The van der Waals surface area contributed by atoms with Crippen molar-refractivity contribution in [3.05, 3.63) is 111 Å². The second-order valence-electron chi connectivity index (χ2n) is 7.22. The number of benzene rings is 3. The Kier molecular flexibility index (Phi) is 5.82. The van der Waals surface area contributed by atoms with Crippen LogP contribution in [0.1, 0.15) is 11.4 Å². The van der Waals surface area contributed by atoms with E-state index in [9.17, 15) is 4.79 Å². The predicted molar refractivity (Wildman–Crippen MR) is 131 cm³/mol. The molecule has 0 amide bonds. The van der Waals surface area contributed by atoms with Crippen molar-refractivity contribution in [2.45, 2.75) is 6.61 Å². The van der Waals surface area contributed by atoms with Crippen LogP contribution in [0.15, 0.2) is 99.4 Å². The van der Waals surface area contributed by atoms with Gasteiger partial charge in [0.25, 0.3) is 5.56 Å². The van der Waals surface area contributed by atoms with Crippen LogP contribution < -0.4 is 10.3 Å². The molecule has 0 bridgehead atoms. The largest absolute Gasteiger partial charge is 0.486 e. The van der Waals surface area contributed by atoms with Crippen LogP contribution in [-0.2, 0) is 6.61 Å². The quantitative estimate of drug-likeness (QED) is 0.332. The van der Waals surface area contributed by atoms with E-state index >= 15 is 0 Å². The standard InChI is InChI=1S/C25H18BrN5O2/c26-19-12-10-17(11-13-19)24-18(14-27-30-24)15-28-31-23(16-33-20-6-2-1-3-7-20)29-22-9-5-4-8-21(22)25(31)32/h1-15H,16H2,(H,27,30)/b28-15-. The van der Waals surface area contributed by atoms with Gasteiger partial charge in [0.2, 0.25) is 0 Å². The maximum atomic E-state index is 13.2. The summed E-state index contributed by atoms with van der Waals surface area (Å²) < 4.78 is 8.12. The van der Waals surface area contributed by atoms with Crippen molar-refractivity contribution in [2.75, 3.05) is 0 Å². The van der Waals surface area contributed by atoms with Crippen molar-refractivity contribution >= 4 is 33.0 Å². The Bertz CT molecular complexity index is 1490. The van der Waals surface area contributed by atoms with Crippen LogP contribution in [0, 0.1) is 0 Å². The van der Waals surface area contributed by atoms with Crippen molar-refractivity contribution < 1.29 is 4.74 Å². The molecule has 0 radical (unpaired) electrons. The molecule has 0 aliphatic rings. The Morgan fingerprint density at radius 2 is 1.76 bits per heavy atom. The van der Waals surface area contributed by atoms with E-state index in [2.05, 4.69) is 36.2 Å². The zero-order chi connectivity index (χ0) is 22.6. The first-order valence-corrected chi connectivity index (χ1v) is 11.0. The topological polar surface area (TPSA) is 85.2 Å². The highest BCUT2D eigenvalue weighted by Crippen LogP contribution is 2.22. The Balaban J connectivity index is 1.54. The Hall–Kier alpha value is -4.04. The molecule has 0 spiro atoms. The summed E-state index contributed by atoms with van der Waals surface area (Å²) in [5, 5.41) is 12.1. The lowest BCUT2D eigenvalue weighted by atomic mass is 10.1. The van der Waals surface area contributed by atoms with E-state index in [0.29, 0.717) is 22.5 Å². The molecule has 0 atom stereocenters. The number of hydrogen-bond donors (Lipinski definition) is 1. The first-order valence-electron chi connectivity index (χ1n) is 10.2. The molecule has 7 nitrogen and oxygen atoms in total. The van der Waals surface area contributed by atoms with E-state index < -0.39 is 0 Å². The number of hydrogen-bond acceptors (Lipinski definition) is 5. The zero-order valence-corrected chi connectivity index (χ0v) is 18.9. The number of H-pyrrole nitrogens is 1. The second-order valence-corrected chi connectivity index (χ2v) is 8.13. The molecule has 8 heteroatoms. The van der Waals surface area contributed by atoms with E-state index in [0.717, 1.165) is 21.3 Å². The molecule has 5 rings (SSSR count). The van der Waals surface area contributed by atoms with Crippen LogP contribution in [0.5, 0.6) is 5.75 Å². The second kappa shape index (κ2) is 9.22. The Labute approximate surface area is 197 Å². The summed E-state index contributed by atoms with van der Waals surface area (Å²) in [6.45, 7) is 0.0897. The first-order chi connectivity index (χ1) is 16.2. The van der Waals surface area contributed by atoms with Crippen molar-refractivity contribution in [2.24, 2.45) is 5.10 Å². The van der Waals surface area contributed by atoms with Gasteiger partial charge in [0.15, 0.2) is 5.82 Å². The molecular formula is C25H18BrN5O2. The summed E-state index contributed by atoms with van der Waals surface area (Å²) in [5.41, 5.74) is 2.83. The Morgan fingerprint density at radius 1 is 1.00 bits per heavy atom. The maximum Gasteiger partial charge on any atom is 0.282 e. The molecule has 2 aromatic heterocycles. The van der Waals surface area contributed by atoms with E-state index in [1.165, 1.54) is 4.68 Å².